The van der Waals surface area contributed by atoms with Gasteiger partial charge in [-0.25, -0.2) is 0 Å². The van der Waals surface area contributed by atoms with Crippen LogP contribution in [-0.4, -0.2) is 37.4 Å². The Morgan fingerprint density at radius 2 is 1.18 bits per heavy atom. The molecular weight excluding hydrogens is 476 g/mol. The molecule has 1 saturated heterocycles. The van der Waals surface area contributed by atoms with Crippen LogP contribution in [0, 0.1) is 0 Å². The van der Waals surface area contributed by atoms with Gasteiger partial charge in [0.2, 0.25) is 0 Å². The highest BCUT2D eigenvalue weighted by Gasteiger charge is 2.31. The van der Waals surface area contributed by atoms with E-state index in [0.29, 0.717) is 0 Å². The Kier molecular flexibility index (Phi) is 9.86. The highest BCUT2D eigenvalue weighted by Crippen LogP contribution is 2.33. The minimum Gasteiger partial charge on any atom is -0.457 e. The maximum absolute atomic E-state index is 12.5. The molecule has 1 fully saturated rings. The molecule has 178 valence electrons. The summed E-state index contributed by atoms with van der Waals surface area (Å²) < 4.78 is 47.4. The summed E-state index contributed by atoms with van der Waals surface area (Å²) in [6.45, 7) is 3.41. The Bertz CT molecular complexity index is 966. The van der Waals surface area contributed by atoms with Gasteiger partial charge in [-0.3, -0.25) is 4.90 Å². The predicted octanol–water partition coefficient (Wildman–Crippen LogP) is 6.22. The SMILES string of the molecule is Cl.Cl.FC(F)(F)Oc1ccc([C@H](c2ccc(Oc3ccccc3)cc2)N2CCNCC2)cc1. The molecule has 4 rings (SSSR count). The van der Waals surface area contributed by atoms with Gasteiger partial charge in [0.05, 0.1) is 6.04 Å². The fourth-order valence-electron chi connectivity index (χ4n) is 3.75. The van der Waals surface area contributed by atoms with Crippen LogP contribution in [0.15, 0.2) is 78.9 Å². The highest BCUT2D eigenvalue weighted by molar-refractivity contribution is 5.85. The molecule has 3 aromatic carbocycles. The quantitative estimate of drug-likeness (QED) is 0.435. The fourth-order valence-corrected chi connectivity index (χ4v) is 3.75. The lowest BCUT2D eigenvalue weighted by Crippen LogP contribution is -2.45. The zero-order chi connectivity index (χ0) is 21.7. The summed E-state index contributed by atoms with van der Waals surface area (Å²) in [5.74, 6) is 1.26. The molecule has 0 radical (unpaired) electrons. The zero-order valence-corrected chi connectivity index (χ0v) is 19.3. The number of alkyl halides is 3. The third-order valence-electron chi connectivity index (χ3n) is 5.12. The van der Waals surface area contributed by atoms with Crippen LogP contribution < -0.4 is 14.8 Å². The maximum Gasteiger partial charge on any atom is 0.573 e. The summed E-state index contributed by atoms with van der Waals surface area (Å²) in [6, 6.07) is 23.4. The van der Waals surface area contributed by atoms with E-state index >= 15 is 0 Å². The highest BCUT2D eigenvalue weighted by atomic mass is 35.5. The summed E-state index contributed by atoms with van der Waals surface area (Å²) in [4.78, 5) is 2.32. The second-order valence-corrected chi connectivity index (χ2v) is 7.29. The molecule has 1 atom stereocenters. The summed E-state index contributed by atoms with van der Waals surface area (Å²) in [6.07, 6.45) is -4.70. The molecule has 0 saturated carbocycles. The number of halogens is 5. The lowest BCUT2D eigenvalue weighted by Gasteiger charge is -2.35. The van der Waals surface area contributed by atoms with Crippen molar-refractivity contribution in [2.75, 3.05) is 26.2 Å². The van der Waals surface area contributed by atoms with Crippen LogP contribution in [0.4, 0.5) is 13.2 Å². The first-order valence-corrected chi connectivity index (χ1v) is 10.1. The molecule has 1 heterocycles. The Labute approximate surface area is 203 Å². The summed E-state index contributed by atoms with van der Waals surface area (Å²) in [5, 5.41) is 3.34. The van der Waals surface area contributed by atoms with E-state index in [2.05, 4.69) is 15.0 Å². The third kappa shape index (κ3) is 7.54. The number of hydrogen-bond donors (Lipinski definition) is 1. The van der Waals surface area contributed by atoms with Gasteiger partial charge in [0.25, 0.3) is 0 Å². The van der Waals surface area contributed by atoms with Crippen LogP contribution in [0.3, 0.4) is 0 Å². The van der Waals surface area contributed by atoms with Crippen LogP contribution in [-0.2, 0) is 0 Å². The summed E-state index contributed by atoms with van der Waals surface area (Å²) in [7, 11) is 0. The number of ether oxygens (including phenoxy) is 2. The standard InChI is InChI=1S/C24H23F3N2O2.2ClH/c25-24(26,27)31-22-12-8-19(9-13-22)23(29-16-14-28-15-17-29)18-6-10-21(11-7-18)30-20-4-2-1-3-5-20;;/h1-13,23,28H,14-17H2;2*1H/t23-;;/m0../s1. The molecule has 0 unspecified atom stereocenters. The Balaban J connectivity index is 0.00000193. The van der Waals surface area contributed by atoms with E-state index in [1.54, 1.807) is 12.1 Å². The largest absolute Gasteiger partial charge is 0.573 e. The van der Waals surface area contributed by atoms with Crippen LogP contribution in [0.1, 0.15) is 17.2 Å². The lowest BCUT2D eigenvalue weighted by molar-refractivity contribution is -0.274. The second-order valence-electron chi connectivity index (χ2n) is 7.29. The van der Waals surface area contributed by atoms with Gasteiger partial charge in [-0.05, 0) is 47.5 Å². The van der Waals surface area contributed by atoms with E-state index in [1.807, 2.05) is 54.6 Å². The molecule has 1 aliphatic rings. The maximum atomic E-state index is 12.5. The molecule has 0 bridgehead atoms. The number of nitrogens with zero attached hydrogens (tertiary/aromatic N) is 1. The van der Waals surface area contributed by atoms with Crippen molar-refractivity contribution in [3.63, 3.8) is 0 Å². The van der Waals surface area contributed by atoms with E-state index < -0.39 is 6.36 Å². The van der Waals surface area contributed by atoms with Crippen molar-refractivity contribution in [1.82, 2.24) is 10.2 Å². The Morgan fingerprint density at radius 1 is 0.697 bits per heavy atom. The van der Waals surface area contributed by atoms with Crippen molar-refractivity contribution in [3.8, 4) is 17.2 Å². The molecule has 9 heteroatoms. The minimum absolute atomic E-state index is 0. The topological polar surface area (TPSA) is 33.7 Å². The minimum atomic E-state index is -4.70. The van der Waals surface area contributed by atoms with Crippen molar-refractivity contribution in [2.24, 2.45) is 0 Å². The predicted molar refractivity (Wildman–Crippen MR) is 127 cm³/mol. The average Bonchev–Trinajstić information content (AvgIpc) is 2.77. The normalized spacial score (nSPS) is 15.0. The first-order valence-electron chi connectivity index (χ1n) is 10.1. The van der Waals surface area contributed by atoms with Gasteiger partial charge in [-0.1, -0.05) is 42.5 Å². The van der Waals surface area contributed by atoms with Gasteiger partial charge in [0.1, 0.15) is 17.2 Å². The number of nitrogens with one attached hydrogen (secondary N) is 1. The van der Waals surface area contributed by atoms with E-state index in [0.717, 1.165) is 48.8 Å². The second kappa shape index (κ2) is 12.1. The van der Waals surface area contributed by atoms with Gasteiger partial charge in [0.15, 0.2) is 0 Å². The molecule has 0 spiro atoms. The van der Waals surface area contributed by atoms with E-state index in [1.165, 1.54) is 12.1 Å². The van der Waals surface area contributed by atoms with Gasteiger partial charge in [-0.2, -0.15) is 0 Å². The summed E-state index contributed by atoms with van der Waals surface area (Å²) in [5.41, 5.74) is 1.96. The molecule has 0 amide bonds. The number of para-hydroxylation sites is 1. The van der Waals surface area contributed by atoms with Crippen LogP contribution in [0.2, 0.25) is 0 Å². The Morgan fingerprint density at radius 3 is 1.70 bits per heavy atom. The van der Waals surface area contributed by atoms with Crippen LogP contribution in [0.5, 0.6) is 17.2 Å². The van der Waals surface area contributed by atoms with Crippen LogP contribution >= 0.6 is 24.8 Å². The third-order valence-corrected chi connectivity index (χ3v) is 5.12. The van der Waals surface area contributed by atoms with E-state index in [4.69, 9.17) is 4.74 Å². The fraction of sp³-hybridized carbons (Fsp3) is 0.250. The number of piperazine rings is 1. The smallest absolute Gasteiger partial charge is 0.457 e. The number of benzene rings is 3. The molecular formula is C24H25Cl2F3N2O2. The first kappa shape index (κ1) is 26.8. The zero-order valence-electron chi connectivity index (χ0n) is 17.6. The van der Waals surface area contributed by atoms with E-state index in [9.17, 15) is 13.2 Å². The Hall–Kier alpha value is -2.45. The molecule has 0 aromatic heterocycles. The average molecular weight is 501 g/mol. The molecule has 33 heavy (non-hydrogen) atoms. The number of rotatable bonds is 6. The van der Waals surface area contributed by atoms with Crippen molar-refractivity contribution in [1.29, 1.82) is 0 Å². The molecule has 4 nitrogen and oxygen atoms in total. The van der Waals surface area contributed by atoms with Crippen LogP contribution in [0.25, 0.3) is 0 Å². The summed E-state index contributed by atoms with van der Waals surface area (Å²) >= 11 is 0. The van der Waals surface area contributed by atoms with Crippen molar-refractivity contribution >= 4 is 24.8 Å². The molecule has 1 aliphatic heterocycles. The molecule has 0 aliphatic carbocycles. The lowest BCUT2D eigenvalue weighted by atomic mass is 9.96. The number of hydrogen-bond acceptors (Lipinski definition) is 4. The molecule has 3 aromatic rings. The van der Waals surface area contributed by atoms with Crippen molar-refractivity contribution in [2.45, 2.75) is 12.4 Å². The first-order chi connectivity index (χ1) is 15.0. The van der Waals surface area contributed by atoms with E-state index in [-0.39, 0.29) is 36.6 Å². The van der Waals surface area contributed by atoms with Crippen molar-refractivity contribution in [3.05, 3.63) is 90.0 Å². The van der Waals surface area contributed by atoms with Gasteiger partial charge in [-0.15, -0.1) is 38.0 Å². The van der Waals surface area contributed by atoms with Gasteiger partial charge in [0, 0.05) is 26.2 Å². The van der Waals surface area contributed by atoms with Gasteiger partial charge < -0.3 is 14.8 Å². The van der Waals surface area contributed by atoms with Gasteiger partial charge >= 0.3 is 6.36 Å². The monoisotopic (exact) mass is 500 g/mol. The molecule has 1 N–H and O–H groups in total. The van der Waals surface area contributed by atoms with Crippen molar-refractivity contribution < 1.29 is 22.6 Å².